The third-order valence-electron chi connectivity index (χ3n) is 2.46. The standard InChI is InChI=1S/C13H10F2N2O2/c14-9-5-10(15)12(11(18)6-9)13(19)17-7-8-1-3-16-4-2-8/h1-6,18H,7H2,(H,17,19). The van der Waals surface area contributed by atoms with Crippen LogP contribution in [0, 0.1) is 11.6 Å². The van der Waals surface area contributed by atoms with E-state index in [1.807, 2.05) is 0 Å². The third-order valence-corrected chi connectivity index (χ3v) is 2.46. The fourth-order valence-corrected chi connectivity index (χ4v) is 1.56. The maximum absolute atomic E-state index is 13.4. The number of aromatic hydroxyl groups is 1. The molecule has 1 amide bonds. The molecule has 2 N–H and O–H groups in total. The highest BCUT2D eigenvalue weighted by Gasteiger charge is 2.18. The van der Waals surface area contributed by atoms with E-state index in [-0.39, 0.29) is 6.54 Å². The van der Waals surface area contributed by atoms with Gasteiger partial charge in [-0.2, -0.15) is 0 Å². The number of carbonyl (C=O) groups is 1. The molecule has 0 radical (unpaired) electrons. The summed E-state index contributed by atoms with van der Waals surface area (Å²) in [6.07, 6.45) is 3.11. The lowest BCUT2D eigenvalue weighted by molar-refractivity contribution is 0.0944. The molecule has 2 aromatic rings. The Morgan fingerprint density at radius 2 is 1.95 bits per heavy atom. The van der Waals surface area contributed by atoms with E-state index in [0.29, 0.717) is 12.1 Å². The average Bonchev–Trinajstić information content (AvgIpc) is 2.36. The van der Waals surface area contributed by atoms with Gasteiger partial charge in [0.2, 0.25) is 0 Å². The molecule has 0 fully saturated rings. The van der Waals surface area contributed by atoms with Gasteiger partial charge >= 0.3 is 0 Å². The van der Waals surface area contributed by atoms with Crippen molar-refractivity contribution in [2.24, 2.45) is 0 Å². The zero-order chi connectivity index (χ0) is 13.8. The molecule has 0 saturated carbocycles. The summed E-state index contributed by atoms with van der Waals surface area (Å²) in [6.45, 7) is 0.150. The van der Waals surface area contributed by atoms with Crippen LogP contribution in [0.1, 0.15) is 15.9 Å². The fraction of sp³-hybridized carbons (Fsp3) is 0.0769. The van der Waals surface area contributed by atoms with Gasteiger partial charge in [0, 0.05) is 31.1 Å². The van der Waals surface area contributed by atoms with Crippen LogP contribution in [0.5, 0.6) is 5.75 Å². The molecule has 6 heteroatoms. The Kier molecular flexibility index (Phi) is 3.70. The highest BCUT2D eigenvalue weighted by atomic mass is 19.1. The van der Waals surface area contributed by atoms with Crippen molar-refractivity contribution in [2.45, 2.75) is 6.54 Å². The number of nitrogens with one attached hydrogen (secondary N) is 1. The number of benzene rings is 1. The van der Waals surface area contributed by atoms with E-state index >= 15 is 0 Å². The number of hydrogen-bond donors (Lipinski definition) is 2. The van der Waals surface area contributed by atoms with Gasteiger partial charge in [-0.25, -0.2) is 8.78 Å². The SMILES string of the molecule is O=C(NCc1ccncc1)c1c(O)cc(F)cc1F. The smallest absolute Gasteiger partial charge is 0.258 e. The summed E-state index contributed by atoms with van der Waals surface area (Å²) in [5.74, 6) is -3.60. The Morgan fingerprint density at radius 3 is 2.58 bits per heavy atom. The second kappa shape index (κ2) is 5.43. The molecule has 4 nitrogen and oxygen atoms in total. The zero-order valence-corrected chi connectivity index (χ0v) is 9.73. The monoisotopic (exact) mass is 264 g/mol. The lowest BCUT2D eigenvalue weighted by atomic mass is 10.1. The lowest BCUT2D eigenvalue weighted by Gasteiger charge is -2.08. The number of aromatic nitrogens is 1. The van der Waals surface area contributed by atoms with Gasteiger partial charge in [0.15, 0.2) is 0 Å². The summed E-state index contributed by atoms with van der Waals surface area (Å²) in [6, 6.07) is 4.59. The number of hydrogen-bond acceptors (Lipinski definition) is 3. The molecule has 0 aliphatic heterocycles. The molecular weight excluding hydrogens is 254 g/mol. The first-order chi connectivity index (χ1) is 9.08. The van der Waals surface area contributed by atoms with Crippen molar-refractivity contribution in [2.75, 3.05) is 0 Å². The summed E-state index contributed by atoms with van der Waals surface area (Å²) in [7, 11) is 0. The lowest BCUT2D eigenvalue weighted by Crippen LogP contribution is -2.24. The normalized spacial score (nSPS) is 10.2. The highest BCUT2D eigenvalue weighted by molar-refractivity contribution is 5.97. The first-order valence-corrected chi connectivity index (χ1v) is 5.43. The summed E-state index contributed by atoms with van der Waals surface area (Å²) in [5, 5.41) is 11.8. The molecule has 2 rings (SSSR count). The first-order valence-electron chi connectivity index (χ1n) is 5.43. The van der Waals surface area contributed by atoms with Gasteiger partial charge in [-0.05, 0) is 17.7 Å². The number of halogens is 2. The van der Waals surface area contributed by atoms with Crippen LogP contribution in [0.25, 0.3) is 0 Å². The number of rotatable bonds is 3. The van der Waals surface area contributed by atoms with E-state index in [1.54, 1.807) is 24.5 Å². The van der Waals surface area contributed by atoms with Crippen LogP contribution in [-0.2, 0) is 6.54 Å². The van der Waals surface area contributed by atoms with Crippen LogP contribution in [0.3, 0.4) is 0 Å². The van der Waals surface area contributed by atoms with Crippen LogP contribution < -0.4 is 5.32 Å². The minimum atomic E-state index is -1.11. The molecule has 19 heavy (non-hydrogen) atoms. The van der Waals surface area contributed by atoms with Crippen molar-refractivity contribution in [3.8, 4) is 5.75 Å². The molecule has 0 bridgehead atoms. The predicted molar refractivity (Wildman–Crippen MR) is 63.4 cm³/mol. The van der Waals surface area contributed by atoms with E-state index < -0.39 is 28.9 Å². The number of carbonyl (C=O) groups excluding carboxylic acids is 1. The van der Waals surface area contributed by atoms with Gasteiger partial charge in [0.1, 0.15) is 22.9 Å². The van der Waals surface area contributed by atoms with Crippen LogP contribution in [0.4, 0.5) is 8.78 Å². The molecule has 1 heterocycles. The average molecular weight is 264 g/mol. The molecule has 0 atom stereocenters. The third kappa shape index (κ3) is 3.04. The Balaban J connectivity index is 2.13. The van der Waals surface area contributed by atoms with Crippen molar-refractivity contribution in [3.05, 3.63) is 59.4 Å². The predicted octanol–water partition coefficient (Wildman–Crippen LogP) is 2.00. The molecule has 0 aliphatic rings. The maximum Gasteiger partial charge on any atom is 0.258 e. The van der Waals surface area contributed by atoms with Crippen LogP contribution >= 0.6 is 0 Å². The van der Waals surface area contributed by atoms with Gasteiger partial charge in [0.05, 0.1) is 0 Å². The molecule has 0 saturated heterocycles. The van der Waals surface area contributed by atoms with E-state index in [1.165, 1.54) is 0 Å². The Labute approximate surface area is 107 Å². The summed E-state index contributed by atoms with van der Waals surface area (Å²) >= 11 is 0. The zero-order valence-electron chi connectivity index (χ0n) is 9.73. The van der Waals surface area contributed by atoms with Gasteiger partial charge in [-0.1, -0.05) is 0 Å². The van der Waals surface area contributed by atoms with E-state index in [4.69, 9.17) is 0 Å². The van der Waals surface area contributed by atoms with Crippen molar-refractivity contribution >= 4 is 5.91 Å². The minimum absolute atomic E-state index is 0.150. The largest absolute Gasteiger partial charge is 0.507 e. The Morgan fingerprint density at radius 1 is 1.26 bits per heavy atom. The minimum Gasteiger partial charge on any atom is -0.507 e. The molecule has 98 valence electrons. The number of amides is 1. The van der Waals surface area contributed by atoms with E-state index in [9.17, 15) is 18.7 Å². The molecular formula is C13H10F2N2O2. The van der Waals surface area contributed by atoms with Crippen molar-refractivity contribution in [3.63, 3.8) is 0 Å². The summed E-state index contributed by atoms with van der Waals surface area (Å²) in [5.41, 5.74) is 0.195. The van der Waals surface area contributed by atoms with Crippen molar-refractivity contribution < 1.29 is 18.7 Å². The second-order valence-corrected chi connectivity index (χ2v) is 3.82. The van der Waals surface area contributed by atoms with Crippen LogP contribution in [-0.4, -0.2) is 16.0 Å². The topological polar surface area (TPSA) is 62.2 Å². The number of nitrogens with zero attached hydrogens (tertiary/aromatic N) is 1. The van der Waals surface area contributed by atoms with Gasteiger partial charge in [0.25, 0.3) is 5.91 Å². The van der Waals surface area contributed by atoms with Crippen LogP contribution in [0.15, 0.2) is 36.7 Å². The van der Waals surface area contributed by atoms with Gasteiger partial charge in [-0.3, -0.25) is 9.78 Å². The quantitative estimate of drug-likeness (QED) is 0.891. The number of phenols is 1. The Hall–Kier alpha value is -2.50. The van der Waals surface area contributed by atoms with Crippen LogP contribution in [0.2, 0.25) is 0 Å². The number of pyridine rings is 1. The van der Waals surface area contributed by atoms with Gasteiger partial charge in [-0.15, -0.1) is 0 Å². The highest BCUT2D eigenvalue weighted by Crippen LogP contribution is 2.21. The Bertz CT molecular complexity index is 580. The maximum atomic E-state index is 13.4. The molecule has 1 aromatic heterocycles. The summed E-state index contributed by atoms with van der Waals surface area (Å²) in [4.78, 5) is 15.5. The molecule has 0 spiro atoms. The summed E-state index contributed by atoms with van der Waals surface area (Å²) < 4.78 is 26.2. The second-order valence-electron chi connectivity index (χ2n) is 3.82. The first kappa shape index (κ1) is 12.9. The van der Waals surface area contributed by atoms with Crippen molar-refractivity contribution in [1.82, 2.24) is 10.3 Å². The molecule has 0 unspecified atom stereocenters. The number of phenolic OH excluding ortho intramolecular Hbond substituents is 1. The van der Waals surface area contributed by atoms with Crippen molar-refractivity contribution in [1.29, 1.82) is 0 Å². The van der Waals surface area contributed by atoms with Gasteiger partial charge < -0.3 is 10.4 Å². The molecule has 0 aliphatic carbocycles. The van der Waals surface area contributed by atoms with E-state index in [0.717, 1.165) is 5.56 Å². The fourth-order valence-electron chi connectivity index (χ4n) is 1.56. The molecule has 1 aromatic carbocycles. The van der Waals surface area contributed by atoms with E-state index in [2.05, 4.69) is 10.3 Å².